The molecular formula is C21H26N3O3S+. The van der Waals surface area contributed by atoms with Gasteiger partial charge in [-0.05, 0) is 18.6 Å². The van der Waals surface area contributed by atoms with E-state index in [0.717, 1.165) is 54.2 Å². The average molecular weight is 401 g/mol. The molecule has 7 heteroatoms. The number of esters is 1. The lowest BCUT2D eigenvalue weighted by Gasteiger charge is -2.50. The number of anilines is 1. The Kier molecular flexibility index (Phi) is 5.48. The second kappa shape index (κ2) is 8.03. The number of nitrogens with one attached hydrogen (secondary N) is 1. The van der Waals surface area contributed by atoms with Crippen molar-refractivity contribution in [3.63, 3.8) is 0 Å². The Morgan fingerprint density at radius 1 is 1.14 bits per heavy atom. The zero-order valence-corrected chi connectivity index (χ0v) is 17.0. The molecule has 3 aliphatic heterocycles. The Bertz CT molecular complexity index is 843. The molecule has 0 unspecified atom stereocenters. The van der Waals surface area contributed by atoms with Crippen LogP contribution in [-0.2, 0) is 9.53 Å². The van der Waals surface area contributed by atoms with Crippen molar-refractivity contribution >= 4 is 28.2 Å². The molecule has 148 valence electrons. The number of benzene rings is 1. The molecule has 1 aromatic heterocycles. The van der Waals surface area contributed by atoms with Crippen LogP contribution in [0.15, 0.2) is 36.4 Å². The summed E-state index contributed by atoms with van der Waals surface area (Å²) in [7, 11) is 0. The number of ether oxygens (including phenoxy) is 1. The van der Waals surface area contributed by atoms with E-state index in [9.17, 15) is 9.59 Å². The molecule has 2 bridgehead atoms. The summed E-state index contributed by atoms with van der Waals surface area (Å²) in [5, 5.41) is 3.59. The van der Waals surface area contributed by atoms with Crippen LogP contribution in [-0.4, -0.2) is 73.7 Å². The fraction of sp³-hybridized carbons (Fsp3) is 0.429. The number of fused-ring (bicyclic) bond motifs is 3. The minimum Gasteiger partial charge on any atom is -0.462 e. The number of hydrogen-bond donors (Lipinski definition) is 1. The van der Waals surface area contributed by atoms with Crippen LogP contribution in [0.25, 0.3) is 10.4 Å². The normalized spacial score (nSPS) is 23.4. The Balaban J connectivity index is 1.54. The topological polar surface area (TPSA) is 58.6 Å². The molecule has 6 nitrogen and oxygen atoms in total. The predicted molar refractivity (Wildman–Crippen MR) is 111 cm³/mol. The van der Waals surface area contributed by atoms with Crippen molar-refractivity contribution in [1.82, 2.24) is 4.90 Å². The van der Waals surface area contributed by atoms with Gasteiger partial charge in [-0.25, -0.2) is 4.79 Å². The fourth-order valence-electron chi connectivity index (χ4n) is 4.03. The minimum atomic E-state index is -0.394. The summed E-state index contributed by atoms with van der Waals surface area (Å²) in [6.07, 6.45) is 0. The third-order valence-corrected chi connectivity index (χ3v) is 6.79. The van der Waals surface area contributed by atoms with Crippen molar-refractivity contribution in [3.05, 3.63) is 42.0 Å². The van der Waals surface area contributed by atoms with Crippen LogP contribution in [0.3, 0.4) is 0 Å². The molecule has 1 amide bonds. The third kappa shape index (κ3) is 3.97. The lowest BCUT2D eigenvalue weighted by Crippen LogP contribution is -2.68. The molecule has 3 aliphatic rings. The highest BCUT2D eigenvalue weighted by Crippen LogP contribution is 2.36. The lowest BCUT2D eigenvalue weighted by atomic mass is 10.1. The average Bonchev–Trinajstić information content (AvgIpc) is 3.13. The number of carbonyl (C=O) groups is 2. The standard InChI is InChI=1S/C21H25N3O3S/c1-2-27-21(26)17-14-18(16-6-4-3-5-7-16)28-20(17)22-19(25)15-24-11-8-23(9-12-24)10-13-24/h3-7,14H,2,8-13,15H2,1H3/p+1. The van der Waals surface area contributed by atoms with Crippen LogP contribution < -0.4 is 5.32 Å². The van der Waals surface area contributed by atoms with Crippen LogP contribution >= 0.6 is 11.3 Å². The highest BCUT2D eigenvalue weighted by atomic mass is 32.1. The number of piperazine rings is 3. The minimum absolute atomic E-state index is 0.0256. The van der Waals surface area contributed by atoms with Gasteiger partial charge in [-0.15, -0.1) is 11.3 Å². The molecule has 0 saturated carbocycles. The number of amides is 1. The van der Waals surface area contributed by atoms with E-state index in [1.807, 2.05) is 36.4 Å². The SMILES string of the molecule is CCOC(=O)c1cc(-c2ccccc2)sc1NC(=O)C[N+]12CCN(CC1)CC2. The Labute approximate surface area is 169 Å². The van der Waals surface area contributed by atoms with Gasteiger partial charge in [-0.3, -0.25) is 9.69 Å². The molecule has 3 saturated heterocycles. The maximum absolute atomic E-state index is 12.9. The summed E-state index contributed by atoms with van der Waals surface area (Å²) >= 11 is 1.43. The van der Waals surface area contributed by atoms with E-state index in [4.69, 9.17) is 4.74 Å². The van der Waals surface area contributed by atoms with Gasteiger partial charge in [-0.1, -0.05) is 30.3 Å². The lowest BCUT2D eigenvalue weighted by molar-refractivity contribution is -0.933. The molecule has 4 heterocycles. The van der Waals surface area contributed by atoms with Gasteiger partial charge in [-0.2, -0.15) is 0 Å². The Morgan fingerprint density at radius 3 is 2.46 bits per heavy atom. The van der Waals surface area contributed by atoms with Crippen molar-refractivity contribution in [2.45, 2.75) is 6.92 Å². The molecule has 0 spiro atoms. The summed E-state index contributed by atoms with van der Waals surface area (Å²) in [5.74, 6) is -0.419. The number of nitrogens with zero attached hydrogens (tertiary/aromatic N) is 2. The van der Waals surface area contributed by atoms with Crippen molar-refractivity contribution in [3.8, 4) is 10.4 Å². The highest BCUT2D eigenvalue weighted by Gasteiger charge is 2.40. The number of carbonyl (C=O) groups excluding carboxylic acids is 2. The number of quaternary nitrogens is 1. The van der Waals surface area contributed by atoms with E-state index >= 15 is 0 Å². The molecule has 0 radical (unpaired) electrons. The van der Waals surface area contributed by atoms with E-state index in [1.54, 1.807) is 6.92 Å². The van der Waals surface area contributed by atoms with Crippen LogP contribution in [0.5, 0.6) is 0 Å². The first-order valence-electron chi connectivity index (χ1n) is 9.82. The Morgan fingerprint density at radius 2 is 1.82 bits per heavy atom. The van der Waals surface area contributed by atoms with E-state index in [0.29, 0.717) is 23.7 Å². The molecule has 0 aliphatic carbocycles. The number of thiophene rings is 1. The van der Waals surface area contributed by atoms with Crippen molar-refractivity contribution in [2.24, 2.45) is 0 Å². The molecule has 28 heavy (non-hydrogen) atoms. The van der Waals surface area contributed by atoms with Crippen LogP contribution in [0.1, 0.15) is 17.3 Å². The van der Waals surface area contributed by atoms with Crippen LogP contribution in [0.4, 0.5) is 5.00 Å². The van der Waals surface area contributed by atoms with Gasteiger partial charge in [0.05, 0.1) is 31.8 Å². The summed E-state index contributed by atoms with van der Waals surface area (Å²) < 4.78 is 6.06. The molecule has 1 N–H and O–H groups in total. The zero-order chi connectivity index (χ0) is 19.6. The summed E-state index contributed by atoms with van der Waals surface area (Å²) in [6, 6.07) is 11.7. The quantitative estimate of drug-likeness (QED) is 0.598. The van der Waals surface area contributed by atoms with Gasteiger partial charge in [0.15, 0.2) is 6.54 Å². The van der Waals surface area contributed by atoms with E-state index in [2.05, 4.69) is 10.2 Å². The van der Waals surface area contributed by atoms with Gasteiger partial charge in [0, 0.05) is 24.5 Å². The van der Waals surface area contributed by atoms with Crippen molar-refractivity contribution in [1.29, 1.82) is 0 Å². The molecule has 2 aromatic rings. The second-order valence-electron chi connectivity index (χ2n) is 7.50. The first-order chi connectivity index (χ1) is 13.6. The largest absolute Gasteiger partial charge is 0.462 e. The van der Waals surface area contributed by atoms with Crippen molar-refractivity contribution < 1.29 is 18.8 Å². The van der Waals surface area contributed by atoms with Crippen LogP contribution in [0.2, 0.25) is 0 Å². The molecular weight excluding hydrogens is 374 g/mol. The highest BCUT2D eigenvalue weighted by molar-refractivity contribution is 7.20. The van der Waals surface area contributed by atoms with Crippen molar-refractivity contribution in [2.75, 3.05) is 57.7 Å². The number of rotatable bonds is 6. The zero-order valence-electron chi connectivity index (χ0n) is 16.1. The molecule has 3 fully saturated rings. The summed E-state index contributed by atoms with van der Waals surface area (Å²) in [5.41, 5.74) is 1.45. The van der Waals surface area contributed by atoms with Crippen LogP contribution in [0, 0.1) is 0 Å². The predicted octanol–water partition coefficient (Wildman–Crippen LogP) is 2.68. The van der Waals surface area contributed by atoms with Gasteiger partial charge >= 0.3 is 5.97 Å². The van der Waals surface area contributed by atoms with Gasteiger partial charge in [0.1, 0.15) is 5.00 Å². The second-order valence-corrected chi connectivity index (χ2v) is 8.55. The molecule has 5 rings (SSSR count). The van der Waals surface area contributed by atoms with Gasteiger partial charge < -0.3 is 14.5 Å². The third-order valence-electron chi connectivity index (χ3n) is 5.69. The first-order valence-corrected chi connectivity index (χ1v) is 10.6. The smallest absolute Gasteiger partial charge is 0.341 e. The maximum atomic E-state index is 12.9. The summed E-state index contributed by atoms with van der Waals surface area (Å²) in [4.78, 5) is 28.7. The fourth-order valence-corrected chi connectivity index (χ4v) is 5.10. The van der Waals surface area contributed by atoms with Gasteiger partial charge in [0.25, 0.3) is 5.91 Å². The molecule has 0 atom stereocenters. The molecule has 1 aromatic carbocycles. The monoisotopic (exact) mass is 400 g/mol. The number of hydrogen-bond acceptors (Lipinski definition) is 5. The van der Waals surface area contributed by atoms with E-state index < -0.39 is 5.97 Å². The maximum Gasteiger partial charge on any atom is 0.341 e. The first kappa shape index (κ1) is 19.1. The summed E-state index contributed by atoms with van der Waals surface area (Å²) in [6.45, 7) is 8.84. The van der Waals surface area contributed by atoms with E-state index in [-0.39, 0.29) is 5.91 Å². The Hall–Kier alpha value is -2.22. The van der Waals surface area contributed by atoms with E-state index in [1.165, 1.54) is 11.3 Å². The van der Waals surface area contributed by atoms with Gasteiger partial charge in [0.2, 0.25) is 0 Å².